The highest BCUT2D eigenvalue weighted by Crippen LogP contribution is 2.19. The predicted molar refractivity (Wildman–Crippen MR) is 91.0 cm³/mol. The number of aryl methyl sites for hydroxylation is 2. The molecule has 0 atom stereocenters. The molecule has 0 aliphatic heterocycles. The zero-order valence-electron chi connectivity index (χ0n) is 13.5. The molecule has 3 rings (SSSR count). The Bertz CT molecular complexity index is 822. The van der Waals surface area contributed by atoms with E-state index < -0.39 is 0 Å². The first-order chi connectivity index (χ1) is 11.1. The van der Waals surface area contributed by atoms with E-state index in [1.54, 1.807) is 10.9 Å². The van der Waals surface area contributed by atoms with E-state index in [2.05, 4.69) is 11.9 Å². The number of hydrogen-bond acceptors (Lipinski definition) is 3. The number of imidazole rings is 1. The van der Waals surface area contributed by atoms with Gasteiger partial charge in [0.05, 0.1) is 17.6 Å². The van der Waals surface area contributed by atoms with Gasteiger partial charge >= 0.3 is 0 Å². The molecule has 4 nitrogen and oxygen atoms in total. The summed E-state index contributed by atoms with van der Waals surface area (Å²) in [5.74, 6) is 0.881. The minimum atomic E-state index is 0.0485. The van der Waals surface area contributed by atoms with E-state index in [9.17, 15) is 4.79 Å². The van der Waals surface area contributed by atoms with Gasteiger partial charge in [0.15, 0.2) is 0 Å². The van der Waals surface area contributed by atoms with Crippen LogP contribution in [0.4, 0.5) is 0 Å². The number of para-hydroxylation sites is 1. The lowest BCUT2D eigenvalue weighted by Gasteiger charge is -2.07. The molecule has 1 aromatic heterocycles. The monoisotopic (exact) mass is 308 g/mol. The topological polar surface area (TPSA) is 44.1 Å². The molecule has 0 aliphatic carbocycles. The molecule has 3 aromatic rings. The van der Waals surface area contributed by atoms with E-state index in [1.807, 2.05) is 49.4 Å². The molecule has 0 aliphatic rings. The lowest BCUT2D eigenvalue weighted by atomic mass is 10.1. The second-order valence-corrected chi connectivity index (χ2v) is 5.70. The van der Waals surface area contributed by atoms with E-state index in [0.29, 0.717) is 19.4 Å². The van der Waals surface area contributed by atoms with Crippen LogP contribution < -0.4 is 4.74 Å². The molecule has 0 amide bonds. The molecule has 4 heteroatoms. The molecule has 0 unspecified atom stereocenters. The van der Waals surface area contributed by atoms with E-state index in [0.717, 1.165) is 16.8 Å². The Kier molecular flexibility index (Phi) is 4.42. The Morgan fingerprint density at radius 1 is 1.13 bits per heavy atom. The van der Waals surface area contributed by atoms with Crippen LogP contribution in [0, 0.1) is 13.8 Å². The van der Waals surface area contributed by atoms with E-state index in [4.69, 9.17) is 4.74 Å². The second-order valence-electron chi connectivity index (χ2n) is 5.70. The van der Waals surface area contributed by atoms with Crippen LogP contribution in [-0.2, 0) is 0 Å². The van der Waals surface area contributed by atoms with Crippen LogP contribution in [0.5, 0.6) is 5.75 Å². The molecular weight excluding hydrogens is 288 g/mol. The van der Waals surface area contributed by atoms with E-state index >= 15 is 0 Å². The maximum atomic E-state index is 12.4. The van der Waals surface area contributed by atoms with Crippen molar-refractivity contribution in [3.05, 3.63) is 59.9 Å². The molecule has 0 saturated heterocycles. The maximum absolute atomic E-state index is 12.4. The minimum Gasteiger partial charge on any atom is -0.494 e. The Labute approximate surface area is 135 Å². The normalized spacial score (nSPS) is 10.9. The van der Waals surface area contributed by atoms with Crippen molar-refractivity contribution in [2.75, 3.05) is 6.61 Å². The maximum Gasteiger partial charge on any atom is 0.232 e. The van der Waals surface area contributed by atoms with Crippen LogP contribution in [0.2, 0.25) is 0 Å². The number of carbonyl (C=O) groups is 1. The highest BCUT2D eigenvalue weighted by atomic mass is 16.5. The van der Waals surface area contributed by atoms with Crippen molar-refractivity contribution in [3.63, 3.8) is 0 Å². The van der Waals surface area contributed by atoms with Crippen LogP contribution in [0.3, 0.4) is 0 Å². The molecule has 0 radical (unpaired) electrons. The highest BCUT2D eigenvalue weighted by molar-refractivity contribution is 5.90. The van der Waals surface area contributed by atoms with Crippen molar-refractivity contribution in [2.45, 2.75) is 26.7 Å². The Morgan fingerprint density at radius 3 is 2.65 bits per heavy atom. The average molecular weight is 308 g/mol. The molecule has 0 N–H and O–H groups in total. The molecule has 0 bridgehead atoms. The number of ether oxygens (including phenoxy) is 1. The number of hydrogen-bond donors (Lipinski definition) is 0. The van der Waals surface area contributed by atoms with Crippen molar-refractivity contribution in [1.29, 1.82) is 0 Å². The van der Waals surface area contributed by atoms with Crippen LogP contribution >= 0.6 is 0 Å². The van der Waals surface area contributed by atoms with Crippen molar-refractivity contribution < 1.29 is 9.53 Å². The molecule has 2 aromatic carbocycles. The molecule has 1 heterocycles. The summed E-state index contributed by atoms with van der Waals surface area (Å²) in [6.07, 6.45) is 2.73. The van der Waals surface area contributed by atoms with E-state index in [1.165, 1.54) is 11.1 Å². The highest BCUT2D eigenvalue weighted by Gasteiger charge is 2.11. The fourth-order valence-electron chi connectivity index (χ4n) is 2.51. The summed E-state index contributed by atoms with van der Waals surface area (Å²) in [5.41, 5.74) is 4.09. The summed E-state index contributed by atoms with van der Waals surface area (Å²) in [4.78, 5) is 16.7. The first-order valence-corrected chi connectivity index (χ1v) is 7.80. The van der Waals surface area contributed by atoms with Gasteiger partial charge in [-0.2, -0.15) is 0 Å². The van der Waals surface area contributed by atoms with Gasteiger partial charge in [-0.05, 0) is 55.7 Å². The Hall–Kier alpha value is -2.62. The summed E-state index contributed by atoms with van der Waals surface area (Å²) in [7, 11) is 0. The van der Waals surface area contributed by atoms with Gasteiger partial charge in [-0.15, -0.1) is 0 Å². The molecule has 0 spiro atoms. The SMILES string of the molecule is Cc1cc2ncn(C(=O)CCCOc3ccccc3)c2cc1C. The van der Waals surface area contributed by atoms with Gasteiger partial charge in [0.2, 0.25) is 5.91 Å². The zero-order valence-corrected chi connectivity index (χ0v) is 13.5. The first-order valence-electron chi connectivity index (χ1n) is 7.80. The number of nitrogens with zero attached hydrogens (tertiary/aromatic N) is 2. The van der Waals surface area contributed by atoms with Crippen LogP contribution in [0.25, 0.3) is 11.0 Å². The largest absolute Gasteiger partial charge is 0.494 e. The fourth-order valence-corrected chi connectivity index (χ4v) is 2.51. The van der Waals surface area contributed by atoms with Crippen LogP contribution in [0.1, 0.15) is 28.8 Å². The third kappa shape index (κ3) is 3.42. The third-order valence-corrected chi connectivity index (χ3v) is 3.98. The first kappa shape index (κ1) is 15.3. The smallest absolute Gasteiger partial charge is 0.232 e. The standard InChI is InChI=1S/C19H20N2O2/c1-14-11-17-18(12-15(14)2)21(13-20-17)19(22)9-6-10-23-16-7-4-3-5-8-16/h3-5,7-8,11-13H,6,9-10H2,1-2H3. The number of benzene rings is 2. The molecule has 0 fully saturated rings. The quantitative estimate of drug-likeness (QED) is 0.665. The lowest BCUT2D eigenvalue weighted by Crippen LogP contribution is -2.11. The molecular formula is C19H20N2O2. The van der Waals surface area contributed by atoms with Crippen molar-refractivity contribution in [2.24, 2.45) is 0 Å². The Morgan fingerprint density at radius 2 is 1.87 bits per heavy atom. The molecule has 118 valence electrons. The summed E-state index contributed by atoms with van der Waals surface area (Å²) >= 11 is 0. The zero-order chi connectivity index (χ0) is 16.2. The summed E-state index contributed by atoms with van der Waals surface area (Å²) in [6, 6.07) is 13.7. The van der Waals surface area contributed by atoms with Crippen molar-refractivity contribution in [3.8, 4) is 5.75 Å². The van der Waals surface area contributed by atoms with Gasteiger partial charge in [0.1, 0.15) is 12.1 Å². The number of aromatic nitrogens is 2. The van der Waals surface area contributed by atoms with Gasteiger partial charge in [0.25, 0.3) is 0 Å². The molecule has 0 saturated carbocycles. The van der Waals surface area contributed by atoms with Gasteiger partial charge < -0.3 is 4.74 Å². The minimum absolute atomic E-state index is 0.0485. The van der Waals surface area contributed by atoms with Gasteiger partial charge in [-0.1, -0.05) is 18.2 Å². The number of fused-ring (bicyclic) bond motifs is 1. The van der Waals surface area contributed by atoms with Crippen LogP contribution in [-0.4, -0.2) is 22.1 Å². The summed E-state index contributed by atoms with van der Waals surface area (Å²) < 4.78 is 7.26. The van der Waals surface area contributed by atoms with Crippen LogP contribution in [0.15, 0.2) is 48.8 Å². The number of rotatable bonds is 5. The van der Waals surface area contributed by atoms with Gasteiger partial charge in [-0.3, -0.25) is 9.36 Å². The van der Waals surface area contributed by atoms with E-state index in [-0.39, 0.29) is 5.91 Å². The van der Waals surface area contributed by atoms with Crippen molar-refractivity contribution >= 4 is 16.9 Å². The third-order valence-electron chi connectivity index (χ3n) is 3.98. The van der Waals surface area contributed by atoms with Gasteiger partial charge in [0, 0.05) is 6.42 Å². The summed E-state index contributed by atoms with van der Waals surface area (Å²) in [5, 5.41) is 0. The number of carbonyl (C=O) groups excluding carboxylic acids is 1. The average Bonchev–Trinajstić information content (AvgIpc) is 2.95. The summed E-state index contributed by atoms with van der Waals surface area (Å²) in [6.45, 7) is 4.63. The lowest BCUT2D eigenvalue weighted by molar-refractivity contribution is 0.0898. The van der Waals surface area contributed by atoms with Gasteiger partial charge in [-0.25, -0.2) is 4.98 Å². The second kappa shape index (κ2) is 6.65. The molecule has 23 heavy (non-hydrogen) atoms. The fraction of sp³-hybridized carbons (Fsp3) is 0.263. The van der Waals surface area contributed by atoms with Crippen molar-refractivity contribution in [1.82, 2.24) is 9.55 Å². The predicted octanol–water partition coefficient (Wildman–Crippen LogP) is 4.15. The Balaban J connectivity index is 1.61.